The first kappa shape index (κ1) is 13.9. The molecule has 0 unspecified atom stereocenters. The van der Waals surface area contributed by atoms with Gasteiger partial charge < -0.3 is 14.9 Å². The molecule has 2 N–H and O–H groups in total. The van der Waals surface area contributed by atoms with Gasteiger partial charge in [0.15, 0.2) is 0 Å². The van der Waals surface area contributed by atoms with Crippen molar-refractivity contribution < 1.29 is 29.3 Å². The lowest BCUT2D eigenvalue weighted by Crippen LogP contribution is -2.47. The van der Waals surface area contributed by atoms with E-state index in [2.05, 4.69) is 20.7 Å². The van der Waals surface area contributed by atoms with Gasteiger partial charge in [-0.3, -0.25) is 14.4 Å². The minimum Gasteiger partial charge on any atom is -0.480 e. The lowest BCUT2D eigenvalue weighted by atomic mass is 9.85. The minimum atomic E-state index is -2.51. The summed E-state index contributed by atoms with van der Waals surface area (Å²) in [6.45, 7) is 1.41. The summed E-state index contributed by atoms with van der Waals surface area (Å²) in [6.07, 6.45) is -0.365. The highest BCUT2D eigenvalue weighted by molar-refractivity contribution is 9.09. The summed E-state index contributed by atoms with van der Waals surface area (Å²) in [7, 11) is 0. The van der Waals surface area contributed by atoms with E-state index in [1.165, 1.54) is 6.92 Å². The van der Waals surface area contributed by atoms with Crippen LogP contribution in [0.3, 0.4) is 0 Å². The summed E-state index contributed by atoms with van der Waals surface area (Å²) in [5.74, 6) is -4.68. The van der Waals surface area contributed by atoms with Crippen molar-refractivity contribution in [2.24, 2.45) is 5.41 Å². The van der Waals surface area contributed by atoms with Gasteiger partial charge in [0.05, 0.1) is 6.61 Å². The highest BCUT2D eigenvalue weighted by Crippen LogP contribution is 2.26. The Hall–Kier alpha value is -1.11. The van der Waals surface area contributed by atoms with Gasteiger partial charge in [-0.25, -0.2) is 0 Å². The molecule has 15 heavy (non-hydrogen) atoms. The number of carboxylic acid groups (broad SMARTS) is 2. The fraction of sp³-hybridized carbons (Fsp3) is 0.625. The maximum absolute atomic E-state index is 11.3. The van der Waals surface area contributed by atoms with E-state index in [4.69, 9.17) is 10.2 Å². The van der Waals surface area contributed by atoms with Gasteiger partial charge >= 0.3 is 17.9 Å². The number of halogens is 1. The van der Waals surface area contributed by atoms with Crippen LogP contribution in [0.4, 0.5) is 0 Å². The van der Waals surface area contributed by atoms with Crippen LogP contribution in [-0.2, 0) is 19.1 Å². The average molecular weight is 283 g/mol. The molecule has 0 heterocycles. The second kappa shape index (κ2) is 5.69. The molecule has 86 valence electrons. The lowest BCUT2D eigenvalue weighted by molar-refractivity contribution is -0.178. The SMILES string of the molecule is CCOC(=O)C(CCBr)(C(=O)O)C(=O)O. The van der Waals surface area contributed by atoms with Gasteiger partial charge in [0.1, 0.15) is 0 Å². The van der Waals surface area contributed by atoms with Crippen molar-refractivity contribution in [3.8, 4) is 0 Å². The van der Waals surface area contributed by atoms with E-state index in [-0.39, 0.29) is 18.4 Å². The normalized spacial score (nSPS) is 10.8. The molecule has 0 rings (SSSR count). The van der Waals surface area contributed by atoms with Gasteiger partial charge in [-0.15, -0.1) is 0 Å². The van der Waals surface area contributed by atoms with E-state index in [0.717, 1.165) is 0 Å². The third-order valence-corrected chi connectivity index (χ3v) is 2.22. The molecule has 6 nitrogen and oxygen atoms in total. The number of ether oxygens (including phenoxy) is 1. The molecule has 0 amide bonds. The topological polar surface area (TPSA) is 101 Å². The summed E-state index contributed by atoms with van der Waals surface area (Å²) in [5.41, 5.74) is -2.51. The highest BCUT2D eigenvalue weighted by Gasteiger charge is 2.54. The number of esters is 1. The van der Waals surface area contributed by atoms with Crippen LogP contribution in [-0.4, -0.2) is 40.1 Å². The second-order valence-corrected chi connectivity index (χ2v) is 3.47. The van der Waals surface area contributed by atoms with E-state index in [1.54, 1.807) is 0 Å². The van der Waals surface area contributed by atoms with Gasteiger partial charge in [-0.2, -0.15) is 0 Å². The molecule has 0 spiro atoms. The molecule has 0 aliphatic rings. The van der Waals surface area contributed by atoms with Crippen molar-refractivity contribution >= 4 is 33.8 Å². The minimum absolute atomic E-state index is 0.0660. The largest absolute Gasteiger partial charge is 0.480 e. The number of alkyl halides is 1. The molecule has 0 aromatic heterocycles. The molecule has 0 saturated carbocycles. The molecule has 0 aromatic carbocycles. The molecule has 0 fully saturated rings. The van der Waals surface area contributed by atoms with Gasteiger partial charge in [0, 0.05) is 5.33 Å². The number of hydrogen-bond donors (Lipinski definition) is 2. The van der Waals surface area contributed by atoms with Crippen LogP contribution in [0, 0.1) is 5.41 Å². The van der Waals surface area contributed by atoms with Crippen molar-refractivity contribution in [3.63, 3.8) is 0 Å². The smallest absolute Gasteiger partial charge is 0.335 e. The molecule has 0 bridgehead atoms. The first-order valence-corrected chi connectivity index (χ1v) is 5.25. The molecule has 7 heteroatoms. The zero-order valence-corrected chi connectivity index (χ0v) is 9.61. The van der Waals surface area contributed by atoms with Crippen molar-refractivity contribution in [1.29, 1.82) is 0 Å². The fourth-order valence-electron chi connectivity index (χ4n) is 0.978. The Labute approximate surface area is 94.3 Å². The van der Waals surface area contributed by atoms with E-state index < -0.39 is 23.3 Å². The lowest BCUT2D eigenvalue weighted by Gasteiger charge is -2.21. The highest BCUT2D eigenvalue weighted by atomic mass is 79.9. The Bertz CT molecular complexity index is 260. The van der Waals surface area contributed by atoms with E-state index in [0.29, 0.717) is 0 Å². The molecule has 0 saturated heterocycles. The Morgan fingerprint density at radius 1 is 1.27 bits per heavy atom. The van der Waals surface area contributed by atoms with E-state index >= 15 is 0 Å². The molecule has 0 aliphatic carbocycles. The zero-order chi connectivity index (χ0) is 12.1. The number of carboxylic acids is 2. The molecular formula is C8H11BrO6. The Morgan fingerprint density at radius 2 is 1.73 bits per heavy atom. The predicted octanol–water partition coefficient (Wildman–Crippen LogP) is 0.490. The van der Waals surface area contributed by atoms with Crippen molar-refractivity contribution in [1.82, 2.24) is 0 Å². The Morgan fingerprint density at radius 3 is 2.00 bits per heavy atom. The number of rotatable bonds is 6. The van der Waals surface area contributed by atoms with E-state index in [1.807, 2.05) is 0 Å². The molecule has 0 aliphatic heterocycles. The fourth-order valence-corrected chi connectivity index (χ4v) is 1.57. The number of aliphatic carboxylic acids is 2. The quantitative estimate of drug-likeness (QED) is 0.418. The molecule has 0 aromatic rings. The second-order valence-electron chi connectivity index (χ2n) is 2.68. The van der Waals surface area contributed by atoms with Gasteiger partial charge in [-0.05, 0) is 13.3 Å². The number of carbonyl (C=O) groups excluding carboxylic acids is 1. The van der Waals surface area contributed by atoms with Gasteiger partial charge in [0.2, 0.25) is 0 Å². The van der Waals surface area contributed by atoms with Crippen LogP contribution < -0.4 is 0 Å². The predicted molar refractivity (Wildman–Crippen MR) is 52.7 cm³/mol. The van der Waals surface area contributed by atoms with Gasteiger partial charge in [0.25, 0.3) is 5.41 Å². The first-order chi connectivity index (χ1) is 6.93. The van der Waals surface area contributed by atoms with Crippen LogP contribution in [0.5, 0.6) is 0 Å². The monoisotopic (exact) mass is 282 g/mol. The summed E-state index contributed by atoms with van der Waals surface area (Å²) in [6, 6.07) is 0. The van der Waals surface area contributed by atoms with Crippen LogP contribution in [0.1, 0.15) is 13.3 Å². The van der Waals surface area contributed by atoms with Crippen LogP contribution in [0.2, 0.25) is 0 Å². The summed E-state index contributed by atoms with van der Waals surface area (Å²) < 4.78 is 4.46. The van der Waals surface area contributed by atoms with Crippen molar-refractivity contribution in [2.45, 2.75) is 13.3 Å². The maximum Gasteiger partial charge on any atom is 0.335 e. The summed E-state index contributed by atoms with van der Waals surface area (Å²) in [4.78, 5) is 33.1. The molecule has 0 atom stereocenters. The maximum atomic E-state index is 11.3. The summed E-state index contributed by atoms with van der Waals surface area (Å²) in [5, 5.41) is 17.7. The first-order valence-electron chi connectivity index (χ1n) is 4.13. The third kappa shape index (κ3) is 2.68. The Kier molecular flexibility index (Phi) is 5.27. The Balaban J connectivity index is 5.21. The average Bonchev–Trinajstić information content (AvgIpc) is 2.13. The van der Waals surface area contributed by atoms with Crippen LogP contribution in [0.25, 0.3) is 0 Å². The van der Waals surface area contributed by atoms with Gasteiger partial charge in [-0.1, -0.05) is 15.9 Å². The molecular weight excluding hydrogens is 272 g/mol. The van der Waals surface area contributed by atoms with Crippen LogP contribution >= 0.6 is 15.9 Å². The van der Waals surface area contributed by atoms with Crippen molar-refractivity contribution in [2.75, 3.05) is 11.9 Å². The zero-order valence-electron chi connectivity index (χ0n) is 8.03. The van der Waals surface area contributed by atoms with Crippen molar-refractivity contribution in [3.05, 3.63) is 0 Å². The summed E-state index contributed by atoms with van der Waals surface area (Å²) >= 11 is 2.91. The number of carbonyl (C=O) groups is 3. The van der Waals surface area contributed by atoms with E-state index in [9.17, 15) is 14.4 Å². The third-order valence-electron chi connectivity index (χ3n) is 1.82. The molecule has 0 radical (unpaired) electrons. The standard InChI is InChI=1S/C8H11BrO6/c1-2-15-7(14)8(3-4-9,5(10)11)6(12)13/h2-4H2,1H3,(H,10,11)(H,12,13). The van der Waals surface area contributed by atoms with Crippen LogP contribution in [0.15, 0.2) is 0 Å². The number of hydrogen-bond acceptors (Lipinski definition) is 4.